The summed E-state index contributed by atoms with van der Waals surface area (Å²) in [6.45, 7) is 1.84. The fourth-order valence-electron chi connectivity index (χ4n) is 3.14. The zero-order chi connectivity index (χ0) is 18.4. The Labute approximate surface area is 151 Å². The molecular formula is C15H22N3O5PS. The van der Waals surface area contributed by atoms with Crippen LogP contribution in [0.4, 0.5) is 0 Å². The zero-order valence-corrected chi connectivity index (χ0v) is 15.9. The van der Waals surface area contributed by atoms with Gasteiger partial charge >= 0.3 is 6.72 Å². The third-order valence-corrected chi connectivity index (χ3v) is 5.31. The van der Waals surface area contributed by atoms with Crippen molar-refractivity contribution in [2.75, 3.05) is 6.61 Å². The number of ether oxygens (including phenoxy) is 1. The molecule has 8 nitrogen and oxygen atoms in total. The van der Waals surface area contributed by atoms with Crippen molar-refractivity contribution in [3.63, 3.8) is 0 Å². The number of hydrogen-bond donors (Lipinski definition) is 4. The van der Waals surface area contributed by atoms with Gasteiger partial charge in [0, 0.05) is 11.8 Å². The summed E-state index contributed by atoms with van der Waals surface area (Å²) in [5.41, 5.74) is 3.85. The molecule has 25 heavy (non-hydrogen) atoms. The molecule has 1 saturated heterocycles. The van der Waals surface area contributed by atoms with E-state index >= 15 is 0 Å². The minimum atomic E-state index is -3.70. The lowest BCUT2D eigenvalue weighted by Crippen LogP contribution is -2.36. The molecule has 2 aliphatic heterocycles. The minimum Gasteiger partial charge on any atom is -0.366 e. The number of nitrogens with zero attached hydrogens (tertiary/aromatic N) is 2. The predicted octanol–water partition coefficient (Wildman–Crippen LogP) is 1.32. The van der Waals surface area contributed by atoms with Crippen molar-refractivity contribution >= 4 is 24.1 Å². The highest BCUT2D eigenvalue weighted by Crippen LogP contribution is 2.41. The van der Waals surface area contributed by atoms with Gasteiger partial charge in [-0.3, -0.25) is 0 Å². The standard InChI is InChI=1S/C15H22N3O5PS/c1-9-4-5-17-15(3,19)14-13(9)18(8-16-14)12-6-10(2)11(23-12)7-22-24(20,21)25/h5,8,10-12,17,19H,6-7H2,1-3H3,(H2,20,21,25)/t10-,11+,12+,15?/m0/s1. The molecule has 0 aromatic carbocycles. The predicted molar refractivity (Wildman–Crippen MR) is 94.5 cm³/mol. The largest absolute Gasteiger partial charge is 0.366 e. The number of aliphatic hydroxyl groups is 1. The number of nitrogens with one attached hydrogen (secondary N) is 1. The van der Waals surface area contributed by atoms with Crippen LogP contribution in [0.2, 0.25) is 0 Å². The van der Waals surface area contributed by atoms with Crippen LogP contribution in [0.1, 0.15) is 44.8 Å². The summed E-state index contributed by atoms with van der Waals surface area (Å²) in [4.78, 5) is 22.8. The zero-order valence-electron chi connectivity index (χ0n) is 14.2. The van der Waals surface area contributed by atoms with Crippen LogP contribution in [0, 0.1) is 5.92 Å². The topological polar surface area (TPSA) is 109 Å². The van der Waals surface area contributed by atoms with Crippen molar-refractivity contribution < 1.29 is 24.2 Å². The van der Waals surface area contributed by atoms with Gasteiger partial charge in [-0.05, 0) is 38.0 Å². The van der Waals surface area contributed by atoms with Gasteiger partial charge in [-0.25, -0.2) is 4.98 Å². The van der Waals surface area contributed by atoms with Gasteiger partial charge in [0.1, 0.15) is 11.9 Å². The van der Waals surface area contributed by atoms with Crippen LogP contribution < -0.4 is 5.32 Å². The third kappa shape index (κ3) is 3.89. The van der Waals surface area contributed by atoms with E-state index in [9.17, 15) is 14.9 Å². The molecule has 10 heteroatoms. The first-order chi connectivity index (χ1) is 11.6. The number of imidazole rings is 1. The van der Waals surface area contributed by atoms with Crippen LogP contribution in [0.5, 0.6) is 0 Å². The lowest BCUT2D eigenvalue weighted by Gasteiger charge is -2.23. The Morgan fingerprint density at radius 1 is 1.60 bits per heavy atom. The summed E-state index contributed by atoms with van der Waals surface area (Å²) in [6.07, 6.45) is 3.30. The summed E-state index contributed by atoms with van der Waals surface area (Å²) in [5.74, 6) is 0.133. The van der Waals surface area contributed by atoms with Crippen molar-refractivity contribution in [1.82, 2.24) is 14.9 Å². The molecule has 4 N–H and O–H groups in total. The van der Waals surface area contributed by atoms with E-state index in [0.29, 0.717) is 12.1 Å². The maximum Gasteiger partial charge on any atom is 0.321 e. The van der Waals surface area contributed by atoms with Crippen LogP contribution in [0.25, 0.3) is 5.57 Å². The summed E-state index contributed by atoms with van der Waals surface area (Å²) < 4.78 is 12.9. The first-order valence-electron chi connectivity index (χ1n) is 7.93. The van der Waals surface area contributed by atoms with Gasteiger partial charge in [0.25, 0.3) is 0 Å². The summed E-state index contributed by atoms with van der Waals surface area (Å²) in [5, 5.41) is 13.4. The Morgan fingerprint density at radius 2 is 2.32 bits per heavy atom. The number of hydrogen-bond acceptors (Lipinski definition) is 6. The second-order valence-corrected chi connectivity index (χ2v) is 9.27. The molecule has 138 valence electrons. The molecule has 1 unspecified atom stereocenters. The highest BCUT2D eigenvalue weighted by atomic mass is 32.5. The lowest BCUT2D eigenvalue weighted by atomic mass is 10.0. The van der Waals surface area contributed by atoms with Crippen LogP contribution in [0.15, 0.2) is 18.3 Å². The highest BCUT2D eigenvalue weighted by molar-refractivity contribution is 8.06. The Bertz CT molecular complexity index is 780. The second-order valence-electron chi connectivity index (χ2n) is 6.61. The summed E-state index contributed by atoms with van der Waals surface area (Å²) in [6, 6.07) is 0. The quantitative estimate of drug-likeness (QED) is 0.452. The van der Waals surface area contributed by atoms with Gasteiger partial charge in [0.05, 0.1) is 24.7 Å². The second kappa shape index (κ2) is 6.61. The molecule has 3 rings (SSSR count). The Kier molecular flexibility index (Phi) is 4.96. The average Bonchev–Trinajstić information content (AvgIpc) is 3.05. The van der Waals surface area contributed by atoms with E-state index in [-0.39, 0.29) is 24.9 Å². The van der Waals surface area contributed by atoms with E-state index in [4.69, 9.17) is 9.26 Å². The molecule has 0 radical (unpaired) electrons. The van der Waals surface area contributed by atoms with Crippen LogP contribution in [-0.2, 0) is 26.8 Å². The third-order valence-electron chi connectivity index (χ3n) is 4.51. The van der Waals surface area contributed by atoms with Crippen molar-refractivity contribution in [3.8, 4) is 0 Å². The molecular weight excluding hydrogens is 365 g/mol. The molecule has 0 bridgehead atoms. The van der Waals surface area contributed by atoms with Crippen LogP contribution in [0.3, 0.4) is 0 Å². The minimum absolute atomic E-state index is 0.0207. The number of fused-ring (bicyclic) bond motifs is 1. The fraction of sp³-hybridized carbons (Fsp3) is 0.600. The average molecular weight is 387 g/mol. The van der Waals surface area contributed by atoms with Gasteiger partial charge in [0.2, 0.25) is 0 Å². The molecule has 0 saturated carbocycles. The van der Waals surface area contributed by atoms with E-state index in [1.165, 1.54) is 0 Å². The van der Waals surface area contributed by atoms with E-state index < -0.39 is 12.4 Å². The Balaban J connectivity index is 1.86. The molecule has 4 atom stereocenters. The SMILES string of the molecule is CC1=C=CNC(C)(O)c2ncn([C@H]3C[C@H](C)[C@@H](COP(O)(O)=S)O3)c21. The summed E-state index contributed by atoms with van der Waals surface area (Å²) in [7, 11) is 0. The summed E-state index contributed by atoms with van der Waals surface area (Å²) >= 11 is 4.48. The number of aromatic nitrogens is 2. The molecule has 2 aliphatic rings. The molecule has 0 spiro atoms. The number of rotatable bonds is 4. The number of allylic oxidation sites excluding steroid dienone is 1. The maximum atomic E-state index is 10.6. The smallest absolute Gasteiger partial charge is 0.321 e. The van der Waals surface area contributed by atoms with Crippen molar-refractivity contribution in [3.05, 3.63) is 29.6 Å². The normalized spacial score (nSPS) is 32.1. The maximum absolute atomic E-state index is 10.6. The molecule has 3 heterocycles. The van der Waals surface area contributed by atoms with Crippen molar-refractivity contribution in [2.24, 2.45) is 5.92 Å². The van der Waals surface area contributed by atoms with E-state index in [0.717, 1.165) is 11.3 Å². The van der Waals surface area contributed by atoms with Gasteiger partial charge < -0.3 is 34.0 Å². The van der Waals surface area contributed by atoms with Crippen molar-refractivity contribution in [1.29, 1.82) is 0 Å². The molecule has 1 aromatic rings. The van der Waals surface area contributed by atoms with E-state index in [1.807, 2.05) is 18.4 Å². The first-order valence-corrected chi connectivity index (χ1v) is 10.6. The highest BCUT2D eigenvalue weighted by Gasteiger charge is 2.38. The fourth-order valence-corrected chi connectivity index (χ4v) is 3.67. The molecule has 1 aromatic heterocycles. The van der Waals surface area contributed by atoms with Crippen LogP contribution in [-0.4, -0.2) is 37.2 Å². The van der Waals surface area contributed by atoms with Crippen LogP contribution >= 0.6 is 6.72 Å². The molecule has 0 amide bonds. The Hall–Kier alpha value is -1.02. The first kappa shape index (κ1) is 18.8. The van der Waals surface area contributed by atoms with Gasteiger partial charge in [-0.2, -0.15) is 0 Å². The molecule has 0 aliphatic carbocycles. The van der Waals surface area contributed by atoms with E-state index in [1.54, 1.807) is 19.5 Å². The van der Waals surface area contributed by atoms with Gasteiger partial charge in [-0.1, -0.05) is 12.7 Å². The van der Waals surface area contributed by atoms with Gasteiger partial charge in [-0.15, -0.1) is 0 Å². The molecule has 1 fully saturated rings. The Morgan fingerprint density at radius 3 is 3.00 bits per heavy atom. The van der Waals surface area contributed by atoms with Gasteiger partial charge in [0.15, 0.2) is 5.72 Å². The monoisotopic (exact) mass is 387 g/mol. The lowest BCUT2D eigenvalue weighted by molar-refractivity contribution is -0.0269. The van der Waals surface area contributed by atoms with Crippen molar-refractivity contribution in [2.45, 2.75) is 45.2 Å². The van der Waals surface area contributed by atoms with E-state index in [2.05, 4.69) is 27.8 Å².